The van der Waals surface area contributed by atoms with E-state index in [9.17, 15) is 0 Å². The predicted molar refractivity (Wildman–Crippen MR) is 38.8 cm³/mol. The zero-order valence-electron chi connectivity index (χ0n) is 6.32. The van der Waals surface area contributed by atoms with Gasteiger partial charge in [-0.1, -0.05) is 11.6 Å². The summed E-state index contributed by atoms with van der Waals surface area (Å²) in [5.41, 5.74) is 0. The van der Waals surface area contributed by atoms with Crippen molar-refractivity contribution in [1.82, 2.24) is 20.6 Å². The zero-order valence-corrected chi connectivity index (χ0v) is 6.32. The molecule has 0 saturated heterocycles. The lowest BCUT2D eigenvalue weighted by Gasteiger charge is -1.93. The van der Waals surface area contributed by atoms with E-state index in [0.717, 1.165) is 31.5 Å². The molecule has 0 saturated carbocycles. The fourth-order valence-electron chi connectivity index (χ4n) is 0.860. The minimum absolute atomic E-state index is 0.270. The van der Waals surface area contributed by atoms with Crippen LogP contribution in [0.5, 0.6) is 0 Å². The first-order valence-corrected chi connectivity index (χ1v) is 3.76. The van der Waals surface area contributed by atoms with Gasteiger partial charge in [0, 0.05) is 13.0 Å². The molecule has 0 aliphatic carbocycles. The summed E-state index contributed by atoms with van der Waals surface area (Å²) in [7, 11) is 0. The number of aryl methyl sites for hydroxylation is 1. The number of aliphatic hydroxyl groups is 1. The van der Waals surface area contributed by atoms with Crippen LogP contribution in [0.3, 0.4) is 0 Å². The maximum absolute atomic E-state index is 8.47. The number of rotatable bonds is 5. The van der Waals surface area contributed by atoms with Crippen LogP contribution in [-0.2, 0) is 6.42 Å². The van der Waals surface area contributed by atoms with Crippen molar-refractivity contribution in [3.05, 3.63) is 5.82 Å². The molecule has 0 unspecified atom stereocenters. The van der Waals surface area contributed by atoms with E-state index >= 15 is 0 Å². The summed E-state index contributed by atoms with van der Waals surface area (Å²) in [6.45, 7) is 0.270. The summed E-state index contributed by atoms with van der Waals surface area (Å²) in [6, 6.07) is 0. The van der Waals surface area contributed by atoms with Crippen molar-refractivity contribution in [2.75, 3.05) is 6.61 Å². The molecule has 0 bridgehead atoms. The van der Waals surface area contributed by atoms with Gasteiger partial charge in [0.2, 0.25) is 0 Å². The van der Waals surface area contributed by atoms with Gasteiger partial charge in [-0.25, -0.2) is 0 Å². The highest BCUT2D eigenvalue weighted by molar-refractivity contribution is 4.74. The Balaban J connectivity index is 2.04. The third kappa shape index (κ3) is 3.08. The number of nitrogens with one attached hydrogen (secondary N) is 1. The van der Waals surface area contributed by atoms with E-state index in [2.05, 4.69) is 20.6 Å². The van der Waals surface area contributed by atoms with E-state index < -0.39 is 0 Å². The number of tetrazole rings is 1. The Kier molecular flexibility index (Phi) is 3.54. The molecule has 1 aromatic rings. The quantitative estimate of drug-likeness (QED) is 0.584. The van der Waals surface area contributed by atoms with Crippen molar-refractivity contribution >= 4 is 0 Å². The Labute approximate surface area is 64.8 Å². The molecular weight excluding hydrogens is 144 g/mol. The molecule has 0 fully saturated rings. The number of nitrogens with zero attached hydrogens (tertiary/aromatic N) is 3. The van der Waals surface area contributed by atoms with Gasteiger partial charge in [0.05, 0.1) is 0 Å². The molecule has 0 aromatic carbocycles. The highest BCUT2D eigenvalue weighted by Gasteiger charge is 1.96. The van der Waals surface area contributed by atoms with Crippen LogP contribution in [0.15, 0.2) is 0 Å². The Bertz CT molecular complexity index is 175. The van der Waals surface area contributed by atoms with E-state index in [-0.39, 0.29) is 6.61 Å². The number of H-pyrrole nitrogens is 1. The van der Waals surface area contributed by atoms with Crippen LogP contribution >= 0.6 is 0 Å². The third-order valence-corrected chi connectivity index (χ3v) is 1.45. The lowest BCUT2D eigenvalue weighted by molar-refractivity contribution is 0.283. The molecule has 1 heterocycles. The van der Waals surface area contributed by atoms with Gasteiger partial charge in [0.25, 0.3) is 0 Å². The molecule has 0 amide bonds. The fraction of sp³-hybridized carbons (Fsp3) is 0.833. The van der Waals surface area contributed by atoms with Crippen molar-refractivity contribution in [2.45, 2.75) is 25.7 Å². The van der Waals surface area contributed by atoms with Gasteiger partial charge in [0.15, 0.2) is 5.82 Å². The maximum atomic E-state index is 8.47. The molecule has 2 N–H and O–H groups in total. The lowest BCUT2D eigenvalue weighted by atomic mass is 10.2. The molecule has 0 radical (unpaired) electrons. The zero-order chi connectivity index (χ0) is 7.94. The number of hydrogen-bond acceptors (Lipinski definition) is 4. The van der Waals surface area contributed by atoms with Crippen LogP contribution in [0.25, 0.3) is 0 Å². The molecule has 0 aliphatic rings. The van der Waals surface area contributed by atoms with Crippen molar-refractivity contribution in [3.8, 4) is 0 Å². The van der Waals surface area contributed by atoms with Gasteiger partial charge in [-0.05, 0) is 12.8 Å². The summed E-state index contributed by atoms with van der Waals surface area (Å²) in [4.78, 5) is 0. The molecule has 5 heteroatoms. The normalized spacial score (nSPS) is 10.3. The molecule has 1 rings (SSSR count). The summed E-state index contributed by atoms with van der Waals surface area (Å²) in [5, 5.41) is 21.9. The van der Waals surface area contributed by atoms with Gasteiger partial charge >= 0.3 is 0 Å². The molecule has 0 spiro atoms. The largest absolute Gasteiger partial charge is 0.396 e. The number of hydrogen-bond donors (Lipinski definition) is 2. The third-order valence-electron chi connectivity index (χ3n) is 1.45. The highest BCUT2D eigenvalue weighted by Crippen LogP contribution is 1.98. The Morgan fingerprint density at radius 3 is 2.82 bits per heavy atom. The minimum atomic E-state index is 0.270. The van der Waals surface area contributed by atoms with E-state index in [4.69, 9.17) is 5.11 Å². The number of unbranched alkanes of at least 4 members (excludes halogenated alkanes) is 2. The number of aromatic amines is 1. The molecule has 5 nitrogen and oxygen atoms in total. The summed E-state index contributed by atoms with van der Waals surface area (Å²) < 4.78 is 0. The lowest BCUT2D eigenvalue weighted by Crippen LogP contribution is -1.90. The van der Waals surface area contributed by atoms with Crippen LogP contribution in [0, 0.1) is 0 Å². The van der Waals surface area contributed by atoms with Crippen LogP contribution < -0.4 is 0 Å². The Morgan fingerprint density at radius 1 is 1.27 bits per heavy atom. The van der Waals surface area contributed by atoms with Crippen LogP contribution in [0.2, 0.25) is 0 Å². The van der Waals surface area contributed by atoms with Gasteiger partial charge in [-0.2, -0.15) is 5.21 Å². The average Bonchev–Trinajstić information content (AvgIpc) is 2.50. The highest BCUT2D eigenvalue weighted by atomic mass is 16.2. The van der Waals surface area contributed by atoms with Crippen molar-refractivity contribution in [3.63, 3.8) is 0 Å². The second-order valence-corrected chi connectivity index (χ2v) is 2.36. The van der Waals surface area contributed by atoms with E-state index in [0.29, 0.717) is 0 Å². The van der Waals surface area contributed by atoms with Crippen molar-refractivity contribution < 1.29 is 5.11 Å². The van der Waals surface area contributed by atoms with Crippen molar-refractivity contribution in [2.24, 2.45) is 0 Å². The molecule has 62 valence electrons. The maximum Gasteiger partial charge on any atom is 0.174 e. The van der Waals surface area contributed by atoms with Crippen LogP contribution in [-0.4, -0.2) is 32.3 Å². The molecule has 0 atom stereocenters. The SMILES string of the molecule is OCCCCCc1nn[nH]n1. The first-order chi connectivity index (χ1) is 5.43. The first kappa shape index (κ1) is 8.13. The van der Waals surface area contributed by atoms with Crippen molar-refractivity contribution in [1.29, 1.82) is 0 Å². The first-order valence-electron chi connectivity index (χ1n) is 3.76. The van der Waals surface area contributed by atoms with Crippen LogP contribution in [0.1, 0.15) is 25.1 Å². The molecular formula is C6H12N4O. The standard InChI is InChI=1S/C6H12N4O/c11-5-3-1-2-4-6-7-9-10-8-6/h11H,1-5H2,(H,7,8,9,10). The van der Waals surface area contributed by atoms with Crippen LogP contribution in [0.4, 0.5) is 0 Å². The Hall–Kier alpha value is -0.970. The van der Waals surface area contributed by atoms with Gasteiger partial charge in [-0.15, -0.1) is 10.2 Å². The Morgan fingerprint density at radius 2 is 2.18 bits per heavy atom. The predicted octanol–water partition coefficient (Wildman–Crippen LogP) is -0.0952. The van der Waals surface area contributed by atoms with E-state index in [1.165, 1.54) is 0 Å². The summed E-state index contributed by atoms with van der Waals surface area (Å²) in [5.74, 6) is 0.753. The average molecular weight is 156 g/mol. The van der Waals surface area contributed by atoms with E-state index in [1.54, 1.807) is 0 Å². The smallest absolute Gasteiger partial charge is 0.174 e. The number of aromatic nitrogens is 4. The van der Waals surface area contributed by atoms with Gasteiger partial charge in [-0.3, -0.25) is 0 Å². The topological polar surface area (TPSA) is 74.7 Å². The second kappa shape index (κ2) is 4.79. The number of aliphatic hydroxyl groups excluding tert-OH is 1. The second-order valence-electron chi connectivity index (χ2n) is 2.36. The molecule has 11 heavy (non-hydrogen) atoms. The fourth-order valence-corrected chi connectivity index (χ4v) is 0.860. The molecule has 0 aliphatic heterocycles. The van der Waals surface area contributed by atoms with Gasteiger partial charge in [0.1, 0.15) is 0 Å². The monoisotopic (exact) mass is 156 g/mol. The summed E-state index contributed by atoms with van der Waals surface area (Å²) >= 11 is 0. The van der Waals surface area contributed by atoms with E-state index in [1.807, 2.05) is 0 Å². The minimum Gasteiger partial charge on any atom is -0.396 e. The van der Waals surface area contributed by atoms with Gasteiger partial charge < -0.3 is 5.11 Å². The summed E-state index contributed by atoms with van der Waals surface area (Å²) in [6.07, 6.45) is 3.74. The molecule has 1 aromatic heterocycles.